The molecule has 0 aliphatic carbocycles. The molecule has 10 aromatic rings. The van der Waals surface area contributed by atoms with Gasteiger partial charge in [-0.3, -0.25) is 9.97 Å². The van der Waals surface area contributed by atoms with Gasteiger partial charge in [-0.2, -0.15) is 6.07 Å². The average molecular weight is 879 g/mol. The predicted octanol–water partition coefficient (Wildman–Crippen LogP) is 11.5. The quantitative estimate of drug-likeness (QED) is 0.128. The molecule has 0 radical (unpaired) electrons. The topological polar surface area (TPSA) is 57.2 Å². The summed E-state index contributed by atoms with van der Waals surface area (Å²) in [6.45, 7) is 6.66. The average Bonchev–Trinajstić information content (AvgIpc) is 3.75. The van der Waals surface area contributed by atoms with Crippen LogP contribution in [0, 0.1) is 12.1 Å². The summed E-state index contributed by atoms with van der Waals surface area (Å²) in [7, 11) is 0. The summed E-state index contributed by atoms with van der Waals surface area (Å²) in [5.74, 6) is 1.99. The molecule has 0 saturated heterocycles. The fraction of sp³-hybridized carbons (Fsp3) is 0.0851. The van der Waals surface area contributed by atoms with Crippen molar-refractivity contribution in [1.82, 2.24) is 23.9 Å². The van der Waals surface area contributed by atoms with E-state index in [1.807, 2.05) is 54.9 Å². The molecule has 7 heteroatoms. The number of para-hydroxylation sites is 1. The minimum Gasteiger partial charge on any atom is -0.503 e. The van der Waals surface area contributed by atoms with Gasteiger partial charge in [0.1, 0.15) is 5.82 Å². The van der Waals surface area contributed by atoms with Gasteiger partial charge in [-0.15, -0.1) is 23.6 Å². The molecule has 0 fully saturated rings. The molecule has 262 valence electrons. The van der Waals surface area contributed by atoms with Crippen molar-refractivity contribution in [2.45, 2.75) is 26.2 Å². The summed E-state index contributed by atoms with van der Waals surface area (Å²) >= 11 is 0. The molecule has 0 amide bonds. The van der Waals surface area contributed by atoms with E-state index in [1.54, 1.807) is 0 Å². The molecule has 0 atom stereocenters. The van der Waals surface area contributed by atoms with Crippen molar-refractivity contribution in [1.29, 1.82) is 0 Å². The van der Waals surface area contributed by atoms with Crippen molar-refractivity contribution in [3.8, 4) is 39.8 Å². The summed E-state index contributed by atoms with van der Waals surface area (Å²) in [6.07, 6.45) is 3.73. The third-order valence-electron chi connectivity index (χ3n) is 10.0. The zero-order chi connectivity index (χ0) is 35.7. The molecule has 6 nitrogen and oxygen atoms in total. The smallest absolute Gasteiger partial charge is 0.503 e. The Morgan fingerprint density at radius 3 is 2.07 bits per heavy atom. The van der Waals surface area contributed by atoms with Crippen LogP contribution in [0.25, 0.3) is 77.6 Å². The van der Waals surface area contributed by atoms with Gasteiger partial charge in [0, 0.05) is 35.0 Å². The van der Waals surface area contributed by atoms with Crippen LogP contribution >= 0.6 is 0 Å². The first-order valence-electron chi connectivity index (χ1n) is 17.8. The van der Waals surface area contributed by atoms with E-state index < -0.39 is 0 Å². The van der Waals surface area contributed by atoms with Gasteiger partial charge in [-0.05, 0) is 52.3 Å². The van der Waals surface area contributed by atoms with Crippen molar-refractivity contribution >= 4 is 49.3 Å². The van der Waals surface area contributed by atoms with Crippen LogP contribution < -0.4 is 4.74 Å². The first kappa shape index (κ1) is 33.7. The Labute approximate surface area is 327 Å². The molecule has 0 aliphatic heterocycles. The Kier molecular flexibility index (Phi) is 8.17. The summed E-state index contributed by atoms with van der Waals surface area (Å²) in [4.78, 5) is 15.1. The number of fused-ring (bicyclic) bond motifs is 9. The maximum absolute atomic E-state index is 6.62. The van der Waals surface area contributed by atoms with Crippen LogP contribution in [0.15, 0.2) is 146 Å². The Bertz CT molecular complexity index is 3020. The number of pyridine rings is 3. The third-order valence-corrected chi connectivity index (χ3v) is 10.0. The van der Waals surface area contributed by atoms with E-state index in [1.165, 1.54) is 5.56 Å². The first-order valence-corrected chi connectivity index (χ1v) is 17.8. The molecule has 5 heterocycles. The predicted molar refractivity (Wildman–Crippen MR) is 214 cm³/mol. The maximum atomic E-state index is 6.62. The third kappa shape index (κ3) is 5.48. The van der Waals surface area contributed by atoms with E-state index >= 15 is 0 Å². The van der Waals surface area contributed by atoms with Crippen LogP contribution in [0.2, 0.25) is 0 Å². The summed E-state index contributed by atoms with van der Waals surface area (Å²) in [5.41, 5.74) is 9.78. The van der Waals surface area contributed by atoms with E-state index in [0.29, 0.717) is 11.5 Å². The zero-order valence-electron chi connectivity index (χ0n) is 29.8. The second kappa shape index (κ2) is 13.1. The monoisotopic (exact) mass is 878 g/mol. The number of nitrogens with zero attached hydrogens (tertiary/aromatic N) is 5. The van der Waals surface area contributed by atoms with Gasteiger partial charge in [0.15, 0.2) is 0 Å². The maximum Gasteiger partial charge on any atom is 2.00 e. The molecule has 0 N–H and O–H groups in total. The number of aromatic nitrogens is 5. The van der Waals surface area contributed by atoms with Crippen LogP contribution in [-0.4, -0.2) is 23.9 Å². The minimum absolute atomic E-state index is 0. The van der Waals surface area contributed by atoms with Gasteiger partial charge < -0.3 is 13.7 Å². The van der Waals surface area contributed by atoms with Crippen molar-refractivity contribution < 1.29 is 25.8 Å². The van der Waals surface area contributed by atoms with Gasteiger partial charge >= 0.3 is 21.1 Å². The summed E-state index contributed by atoms with van der Waals surface area (Å²) < 4.78 is 11.0. The number of benzene rings is 5. The first-order chi connectivity index (χ1) is 25.9. The molecular formula is C47H33N5OPt. The van der Waals surface area contributed by atoms with E-state index in [2.05, 4.69) is 133 Å². The largest absolute Gasteiger partial charge is 2.00 e. The second-order valence-corrected chi connectivity index (χ2v) is 14.4. The molecule has 0 bridgehead atoms. The summed E-state index contributed by atoms with van der Waals surface area (Å²) in [5, 5.41) is 3.99. The summed E-state index contributed by atoms with van der Waals surface area (Å²) in [6, 6.07) is 52.8. The van der Waals surface area contributed by atoms with Crippen molar-refractivity contribution in [3.63, 3.8) is 0 Å². The molecule has 10 rings (SSSR count). The minimum atomic E-state index is -0.0226. The van der Waals surface area contributed by atoms with Crippen molar-refractivity contribution in [2.24, 2.45) is 0 Å². The normalized spacial score (nSPS) is 11.8. The van der Waals surface area contributed by atoms with Gasteiger partial charge in [0.2, 0.25) is 0 Å². The SMILES string of the molecule is CC(C)(C)c1ccnc(-n2c3[c-]c(Oc4[c-]c5c(cc4)c4ncccc4n4c(-c6ccccc6)c(-c6ccccc6)nc54)ccc3c3ccccc32)c1.[Pt+2]. The van der Waals surface area contributed by atoms with Crippen molar-refractivity contribution in [3.05, 3.63) is 164 Å². The Morgan fingerprint density at radius 2 is 1.30 bits per heavy atom. The zero-order valence-corrected chi connectivity index (χ0v) is 32.1. The molecule has 0 aliphatic rings. The van der Waals surface area contributed by atoms with E-state index in [4.69, 9.17) is 19.7 Å². The molecule has 0 spiro atoms. The van der Waals surface area contributed by atoms with E-state index in [0.717, 1.165) is 77.6 Å². The number of ether oxygens (including phenoxy) is 1. The number of hydrogen-bond donors (Lipinski definition) is 0. The fourth-order valence-electron chi connectivity index (χ4n) is 7.47. The van der Waals surface area contributed by atoms with Crippen LogP contribution in [0.4, 0.5) is 0 Å². The van der Waals surface area contributed by atoms with Gasteiger partial charge in [-0.25, -0.2) is 4.98 Å². The van der Waals surface area contributed by atoms with Gasteiger partial charge in [-0.1, -0.05) is 128 Å². The molecule has 5 aromatic heterocycles. The standard InChI is InChI=1S/C47H33N5O.Pt/c1-47(2,3)32-24-26-48-42(27-32)51-39-18-11-10-17-35(39)36-22-20-34(29-41(36)51)53-33-21-23-37-38(28-33)46-50-43(30-13-6-4-7-14-30)45(31-15-8-5-9-16-31)52(46)40-19-12-25-49-44(37)40;/h4-27H,1-3H3;/q-2;+2. The van der Waals surface area contributed by atoms with E-state index in [9.17, 15) is 0 Å². The van der Waals surface area contributed by atoms with Crippen LogP contribution in [0.1, 0.15) is 26.3 Å². The second-order valence-electron chi connectivity index (χ2n) is 14.4. The number of rotatable bonds is 5. The van der Waals surface area contributed by atoms with Crippen LogP contribution in [0.3, 0.4) is 0 Å². The van der Waals surface area contributed by atoms with Crippen molar-refractivity contribution in [2.75, 3.05) is 0 Å². The van der Waals surface area contributed by atoms with Gasteiger partial charge in [0.25, 0.3) is 0 Å². The molecule has 54 heavy (non-hydrogen) atoms. The number of hydrogen-bond acceptors (Lipinski definition) is 4. The Morgan fingerprint density at radius 1 is 0.611 bits per heavy atom. The molecule has 0 unspecified atom stereocenters. The Hall–Kier alpha value is -6.10. The van der Waals surface area contributed by atoms with Crippen LogP contribution in [-0.2, 0) is 26.5 Å². The Balaban J connectivity index is 0.00000384. The van der Waals surface area contributed by atoms with E-state index in [-0.39, 0.29) is 26.5 Å². The number of imidazole rings is 1. The van der Waals surface area contributed by atoms with Gasteiger partial charge in [0.05, 0.1) is 28.1 Å². The fourth-order valence-corrected chi connectivity index (χ4v) is 7.47. The molecule has 5 aromatic carbocycles. The molecule has 0 saturated carbocycles. The van der Waals surface area contributed by atoms with Crippen LogP contribution in [0.5, 0.6) is 11.5 Å². The molecular weight excluding hydrogens is 846 g/mol.